The summed E-state index contributed by atoms with van der Waals surface area (Å²) in [4.78, 5) is 0. The first-order chi connectivity index (χ1) is 8.31. The van der Waals surface area contributed by atoms with Crippen molar-refractivity contribution in [1.29, 1.82) is 0 Å². The molecule has 0 aliphatic carbocycles. The van der Waals surface area contributed by atoms with Crippen LogP contribution in [0.5, 0.6) is 0 Å². The highest BCUT2D eigenvalue weighted by Crippen LogP contribution is 2.24. The molecule has 0 radical (unpaired) electrons. The van der Waals surface area contributed by atoms with Gasteiger partial charge in [-0.3, -0.25) is 0 Å². The molecule has 2 rings (SSSR count). The first-order valence-electron chi connectivity index (χ1n) is 6.19. The van der Waals surface area contributed by atoms with Crippen LogP contribution in [-0.4, -0.2) is 25.2 Å². The van der Waals surface area contributed by atoms with E-state index in [4.69, 9.17) is 4.74 Å². The van der Waals surface area contributed by atoms with Crippen molar-refractivity contribution in [1.82, 2.24) is 5.32 Å². The van der Waals surface area contributed by atoms with Gasteiger partial charge < -0.3 is 10.1 Å². The van der Waals surface area contributed by atoms with Crippen LogP contribution in [0.4, 0.5) is 0 Å². The summed E-state index contributed by atoms with van der Waals surface area (Å²) in [6, 6.07) is 8.94. The van der Waals surface area contributed by atoms with Gasteiger partial charge in [0.05, 0.1) is 19.3 Å². The number of thioether (sulfide) groups is 1. The molecule has 2 unspecified atom stereocenters. The Balaban J connectivity index is 1.94. The monoisotopic (exact) mass is 251 g/mol. The first kappa shape index (κ1) is 12.9. The van der Waals surface area contributed by atoms with Gasteiger partial charge >= 0.3 is 0 Å². The predicted octanol–water partition coefficient (Wildman–Crippen LogP) is 2.85. The maximum Gasteiger partial charge on any atom is 0.0721 e. The van der Waals surface area contributed by atoms with E-state index in [-0.39, 0.29) is 0 Å². The third kappa shape index (κ3) is 3.47. The Morgan fingerprint density at radius 1 is 1.47 bits per heavy atom. The minimum absolute atomic E-state index is 0.365. The Morgan fingerprint density at radius 3 is 3.12 bits per heavy atom. The quantitative estimate of drug-likeness (QED) is 0.869. The van der Waals surface area contributed by atoms with Gasteiger partial charge in [-0.1, -0.05) is 31.2 Å². The van der Waals surface area contributed by atoms with Crippen LogP contribution < -0.4 is 5.32 Å². The van der Waals surface area contributed by atoms with Gasteiger partial charge in [-0.2, -0.15) is 11.8 Å². The van der Waals surface area contributed by atoms with E-state index in [0.717, 1.165) is 19.8 Å². The Morgan fingerprint density at radius 2 is 2.29 bits per heavy atom. The van der Waals surface area contributed by atoms with Crippen LogP contribution in [0.3, 0.4) is 0 Å². The number of ether oxygens (including phenoxy) is 1. The molecule has 3 heteroatoms. The molecule has 1 aliphatic heterocycles. The summed E-state index contributed by atoms with van der Waals surface area (Å²) in [5.41, 5.74) is 2.74. The third-order valence-corrected chi connectivity index (χ3v) is 4.04. The molecule has 2 nitrogen and oxygen atoms in total. The van der Waals surface area contributed by atoms with Gasteiger partial charge in [0.15, 0.2) is 0 Å². The SMILES string of the molecule is CSCC(C)CNC1COCc2ccccc21. The van der Waals surface area contributed by atoms with Crippen molar-refractivity contribution in [2.75, 3.05) is 25.2 Å². The smallest absolute Gasteiger partial charge is 0.0721 e. The van der Waals surface area contributed by atoms with E-state index in [1.165, 1.54) is 16.9 Å². The van der Waals surface area contributed by atoms with Crippen molar-refractivity contribution in [3.05, 3.63) is 35.4 Å². The lowest BCUT2D eigenvalue weighted by atomic mass is 9.99. The second-order valence-corrected chi connectivity index (χ2v) is 5.65. The van der Waals surface area contributed by atoms with E-state index in [9.17, 15) is 0 Å². The van der Waals surface area contributed by atoms with Crippen molar-refractivity contribution < 1.29 is 4.74 Å². The van der Waals surface area contributed by atoms with Gasteiger partial charge in [0.25, 0.3) is 0 Å². The molecular weight excluding hydrogens is 230 g/mol. The fraction of sp³-hybridized carbons (Fsp3) is 0.571. The maximum absolute atomic E-state index is 5.63. The summed E-state index contributed by atoms with van der Waals surface area (Å²) in [7, 11) is 0. The first-order valence-corrected chi connectivity index (χ1v) is 7.58. The largest absolute Gasteiger partial charge is 0.375 e. The summed E-state index contributed by atoms with van der Waals surface area (Å²) in [6.07, 6.45) is 2.16. The fourth-order valence-corrected chi connectivity index (χ4v) is 2.92. The van der Waals surface area contributed by atoms with E-state index in [2.05, 4.69) is 42.8 Å². The molecule has 1 heterocycles. The topological polar surface area (TPSA) is 21.3 Å². The average Bonchev–Trinajstić information content (AvgIpc) is 2.36. The van der Waals surface area contributed by atoms with Crippen molar-refractivity contribution >= 4 is 11.8 Å². The zero-order valence-corrected chi connectivity index (χ0v) is 11.4. The highest BCUT2D eigenvalue weighted by Gasteiger charge is 2.19. The molecule has 94 valence electrons. The van der Waals surface area contributed by atoms with Crippen LogP contribution in [0.2, 0.25) is 0 Å². The van der Waals surface area contributed by atoms with E-state index in [0.29, 0.717) is 12.0 Å². The average molecular weight is 251 g/mol. The lowest BCUT2D eigenvalue weighted by molar-refractivity contribution is 0.0814. The maximum atomic E-state index is 5.63. The van der Waals surface area contributed by atoms with Gasteiger partial charge in [-0.25, -0.2) is 0 Å². The molecule has 17 heavy (non-hydrogen) atoms. The van der Waals surface area contributed by atoms with E-state index < -0.39 is 0 Å². The van der Waals surface area contributed by atoms with Crippen molar-refractivity contribution in [2.45, 2.75) is 19.6 Å². The third-order valence-electron chi connectivity index (χ3n) is 3.14. The Kier molecular flexibility index (Phi) is 4.89. The van der Waals surface area contributed by atoms with Crippen molar-refractivity contribution in [3.63, 3.8) is 0 Å². The molecule has 1 aromatic carbocycles. The van der Waals surface area contributed by atoms with Crippen LogP contribution in [-0.2, 0) is 11.3 Å². The van der Waals surface area contributed by atoms with Gasteiger partial charge in [0.1, 0.15) is 0 Å². The second-order valence-electron chi connectivity index (χ2n) is 4.74. The lowest BCUT2D eigenvalue weighted by Crippen LogP contribution is -2.33. The Labute approximate surface area is 108 Å². The van der Waals surface area contributed by atoms with Crippen LogP contribution in [0.1, 0.15) is 24.1 Å². The van der Waals surface area contributed by atoms with Crippen molar-refractivity contribution in [2.24, 2.45) is 5.92 Å². The number of hydrogen-bond acceptors (Lipinski definition) is 3. The standard InChI is InChI=1S/C14H21NOS/c1-11(10-17-2)7-15-14-9-16-8-12-5-3-4-6-13(12)14/h3-6,11,14-15H,7-10H2,1-2H3. The molecule has 2 atom stereocenters. The van der Waals surface area contributed by atoms with Crippen LogP contribution in [0.15, 0.2) is 24.3 Å². The lowest BCUT2D eigenvalue weighted by Gasteiger charge is -2.27. The molecule has 0 saturated heterocycles. The van der Waals surface area contributed by atoms with Gasteiger partial charge in [-0.05, 0) is 35.6 Å². The number of rotatable bonds is 5. The molecule has 0 aromatic heterocycles. The molecule has 0 spiro atoms. The van der Waals surface area contributed by atoms with Crippen LogP contribution in [0, 0.1) is 5.92 Å². The highest BCUT2D eigenvalue weighted by atomic mass is 32.2. The summed E-state index contributed by atoms with van der Waals surface area (Å²) in [6.45, 7) is 4.90. The van der Waals surface area contributed by atoms with E-state index in [1.54, 1.807) is 0 Å². The zero-order valence-electron chi connectivity index (χ0n) is 10.6. The second kappa shape index (κ2) is 6.43. The molecule has 0 bridgehead atoms. The molecule has 0 saturated carbocycles. The molecular formula is C14H21NOS. The predicted molar refractivity (Wildman–Crippen MR) is 74.4 cm³/mol. The van der Waals surface area contributed by atoms with Gasteiger partial charge in [0, 0.05) is 0 Å². The van der Waals surface area contributed by atoms with Crippen molar-refractivity contribution in [3.8, 4) is 0 Å². The minimum atomic E-state index is 0.365. The molecule has 1 N–H and O–H groups in total. The molecule has 0 fully saturated rings. The molecule has 1 aromatic rings. The summed E-state index contributed by atoms with van der Waals surface area (Å²) >= 11 is 1.91. The number of hydrogen-bond donors (Lipinski definition) is 1. The van der Waals surface area contributed by atoms with Crippen LogP contribution >= 0.6 is 11.8 Å². The van der Waals surface area contributed by atoms with E-state index in [1.807, 2.05) is 11.8 Å². The number of benzene rings is 1. The normalized spacial score (nSPS) is 20.9. The van der Waals surface area contributed by atoms with E-state index >= 15 is 0 Å². The summed E-state index contributed by atoms with van der Waals surface area (Å²) in [5, 5.41) is 3.62. The van der Waals surface area contributed by atoms with Gasteiger partial charge in [-0.15, -0.1) is 0 Å². The molecule has 0 amide bonds. The highest BCUT2D eigenvalue weighted by molar-refractivity contribution is 7.98. The fourth-order valence-electron chi connectivity index (χ4n) is 2.24. The van der Waals surface area contributed by atoms with Gasteiger partial charge in [0.2, 0.25) is 0 Å². The van der Waals surface area contributed by atoms with Crippen LogP contribution in [0.25, 0.3) is 0 Å². The summed E-state index contributed by atoms with van der Waals surface area (Å²) in [5.74, 6) is 1.92. The number of fused-ring (bicyclic) bond motifs is 1. The number of nitrogens with one attached hydrogen (secondary N) is 1. The molecule has 1 aliphatic rings. The Bertz CT molecular complexity index is 356. The zero-order chi connectivity index (χ0) is 12.1. The summed E-state index contributed by atoms with van der Waals surface area (Å²) < 4.78 is 5.63. The minimum Gasteiger partial charge on any atom is -0.375 e. The Hall–Kier alpha value is -0.510.